The molecular formula is C23H25N3O4S. The van der Waals surface area contributed by atoms with Gasteiger partial charge >= 0.3 is 0 Å². The largest absolute Gasteiger partial charge is 0.484 e. The van der Waals surface area contributed by atoms with Gasteiger partial charge in [0, 0.05) is 11.9 Å². The summed E-state index contributed by atoms with van der Waals surface area (Å²) in [5.74, 6) is 0.259. The summed E-state index contributed by atoms with van der Waals surface area (Å²) in [4.78, 5) is 16.1. The predicted molar refractivity (Wildman–Crippen MR) is 121 cm³/mol. The summed E-state index contributed by atoms with van der Waals surface area (Å²) < 4.78 is 32.8. The highest BCUT2D eigenvalue weighted by atomic mass is 32.2. The molecule has 0 atom stereocenters. The average Bonchev–Trinajstić information content (AvgIpc) is 2.73. The quantitative estimate of drug-likeness (QED) is 0.575. The lowest BCUT2D eigenvalue weighted by Crippen LogP contribution is -2.20. The van der Waals surface area contributed by atoms with E-state index in [0.717, 1.165) is 0 Å². The van der Waals surface area contributed by atoms with Gasteiger partial charge < -0.3 is 10.1 Å². The van der Waals surface area contributed by atoms with Crippen molar-refractivity contribution in [2.45, 2.75) is 31.1 Å². The molecule has 2 N–H and O–H groups in total. The Morgan fingerprint density at radius 1 is 0.968 bits per heavy atom. The van der Waals surface area contributed by atoms with Gasteiger partial charge in [0.05, 0.1) is 16.8 Å². The van der Waals surface area contributed by atoms with Crippen molar-refractivity contribution in [1.82, 2.24) is 4.98 Å². The maximum atomic E-state index is 12.4. The first-order valence-corrected chi connectivity index (χ1v) is 11.2. The molecule has 0 fully saturated rings. The molecule has 0 unspecified atom stereocenters. The van der Waals surface area contributed by atoms with Crippen LogP contribution in [0.2, 0.25) is 0 Å². The number of hydrogen-bond donors (Lipinski definition) is 2. The zero-order valence-electron chi connectivity index (χ0n) is 17.6. The van der Waals surface area contributed by atoms with Gasteiger partial charge in [-0.1, -0.05) is 32.9 Å². The average molecular weight is 440 g/mol. The van der Waals surface area contributed by atoms with Gasteiger partial charge in [-0.2, -0.15) is 0 Å². The Balaban J connectivity index is 1.55. The van der Waals surface area contributed by atoms with E-state index in [-0.39, 0.29) is 22.8 Å². The van der Waals surface area contributed by atoms with E-state index in [1.807, 2.05) is 24.3 Å². The molecule has 3 rings (SSSR count). The van der Waals surface area contributed by atoms with Crippen molar-refractivity contribution >= 4 is 27.3 Å². The number of hydrogen-bond acceptors (Lipinski definition) is 5. The van der Waals surface area contributed by atoms with Gasteiger partial charge in [-0.25, -0.2) is 8.42 Å². The SMILES string of the molecule is CC(C)(C)c1ccc(OCC(=O)Nc2ccc(S(=O)(=O)Nc3cccnc3)cc2)cc1. The molecule has 1 aromatic heterocycles. The van der Waals surface area contributed by atoms with Gasteiger partial charge in [0.25, 0.3) is 15.9 Å². The number of pyridine rings is 1. The topological polar surface area (TPSA) is 97.4 Å². The van der Waals surface area contributed by atoms with Gasteiger partial charge in [-0.05, 0) is 59.5 Å². The molecule has 31 heavy (non-hydrogen) atoms. The van der Waals surface area contributed by atoms with E-state index in [1.165, 1.54) is 36.0 Å². The summed E-state index contributed by atoms with van der Waals surface area (Å²) in [5, 5.41) is 2.69. The van der Waals surface area contributed by atoms with E-state index >= 15 is 0 Å². The number of amides is 1. The highest BCUT2D eigenvalue weighted by Gasteiger charge is 2.15. The first kappa shape index (κ1) is 22.3. The van der Waals surface area contributed by atoms with Gasteiger partial charge in [0.15, 0.2) is 6.61 Å². The summed E-state index contributed by atoms with van der Waals surface area (Å²) in [5.41, 5.74) is 2.06. The van der Waals surface area contributed by atoms with Crippen molar-refractivity contribution in [2.24, 2.45) is 0 Å². The second-order valence-corrected chi connectivity index (χ2v) is 9.67. The molecule has 162 valence electrons. The van der Waals surface area contributed by atoms with E-state index in [4.69, 9.17) is 4.74 Å². The van der Waals surface area contributed by atoms with Crippen LogP contribution in [0.3, 0.4) is 0 Å². The molecule has 1 amide bonds. The lowest BCUT2D eigenvalue weighted by molar-refractivity contribution is -0.118. The van der Waals surface area contributed by atoms with Crippen LogP contribution in [-0.4, -0.2) is 25.9 Å². The van der Waals surface area contributed by atoms with Crippen LogP contribution in [-0.2, 0) is 20.2 Å². The predicted octanol–water partition coefficient (Wildman–Crippen LogP) is 4.20. The fourth-order valence-corrected chi connectivity index (χ4v) is 3.80. The summed E-state index contributed by atoms with van der Waals surface area (Å²) in [7, 11) is -3.75. The summed E-state index contributed by atoms with van der Waals surface area (Å²) >= 11 is 0. The van der Waals surface area contributed by atoms with E-state index in [2.05, 4.69) is 35.8 Å². The maximum Gasteiger partial charge on any atom is 0.262 e. The minimum atomic E-state index is -3.75. The zero-order valence-corrected chi connectivity index (χ0v) is 18.4. The molecule has 7 nitrogen and oxygen atoms in total. The van der Waals surface area contributed by atoms with Crippen LogP contribution in [0.4, 0.5) is 11.4 Å². The van der Waals surface area contributed by atoms with E-state index in [1.54, 1.807) is 18.3 Å². The number of benzene rings is 2. The summed E-state index contributed by atoms with van der Waals surface area (Å²) in [6.07, 6.45) is 2.97. The molecule has 0 saturated heterocycles. The third-order valence-electron chi connectivity index (χ3n) is 4.45. The normalized spacial score (nSPS) is 11.6. The highest BCUT2D eigenvalue weighted by Crippen LogP contribution is 2.24. The fourth-order valence-electron chi connectivity index (χ4n) is 2.75. The Bertz CT molecular complexity index is 1120. The van der Waals surface area contributed by atoms with Gasteiger partial charge in [0.2, 0.25) is 0 Å². The molecule has 0 aliphatic rings. The Labute approximate surface area is 182 Å². The standard InChI is InChI=1S/C23H25N3O4S/c1-23(2,3)17-6-10-20(11-7-17)30-16-22(27)25-18-8-12-21(13-9-18)31(28,29)26-19-5-4-14-24-15-19/h4-15,26H,16H2,1-3H3,(H,25,27). The van der Waals surface area contributed by atoms with Gasteiger partial charge in [-0.15, -0.1) is 0 Å². The third-order valence-corrected chi connectivity index (χ3v) is 5.85. The monoisotopic (exact) mass is 439 g/mol. The van der Waals surface area contributed by atoms with Crippen LogP contribution in [0.1, 0.15) is 26.3 Å². The number of aromatic nitrogens is 1. The van der Waals surface area contributed by atoms with Gasteiger partial charge in [0.1, 0.15) is 5.75 Å². The van der Waals surface area contributed by atoms with E-state index in [0.29, 0.717) is 17.1 Å². The van der Waals surface area contributed by atoms with Gasteiger partial charge in [-0.3, -0.25) is 14.5 Å². The molecule has 0 radical (unpaired) electrons. The maximum absolute atomic E-state index is 12.4. The number of sulfonamides is 1. The fraction of sp³-hybridized carbons (Fsp3) is 0.217. The van der Waals surface area contributed by atoms with E-state index < -0.39 is 10.0 Å². The molecule has 0 aliphatic heterocycles. The van der Waals surface area contributed by atoms with Crippen molar-refractivity contribution in [1.29, 1.82) is 0 Å². The third kappa shape index (κ3) is 6.29. The van der Waals surface area contributed by atoms with Crippen LogP contribution in [0.5, 0.6) is 5.75 Å². The molecule has 3 aromatic rings. The van der Waals surface area contributed by atoms with Crippen molar-refractivity contribution < 1.29 is 17.9 Å². The van der Waals surface area contributed by atoms with Crippen LogP contribution < -0.4 is 14.8 Å². The minimum absolute atomic E-state index is 0.0447. The Morgan fingerprint density at radius 3 is 2.23 bits per heavy atom. The van der Waals surface area contributed by atoms with Crippen LogP contribution in [0.25, 0.3) is 0 Å². The molecular weight excluding hydrogens is 414 g/mol. The number of rotatable bonds is 7. The van der Waals surface area contributed by atoms with Crippen molar-refractivity contribution in [3.05, 3.63) is 78.6 Å². The van der Waals surface area contributed by atoms with E-state index in [9.17, 15) is 13.2 Å². The molecule has 0 saturated carbocycles. The van der Waals surface area contributed by atoms with Crippen molar-refractivity contribution in [3.63, 3.8) is 0 Å². The summed E-state index contributed by atoms with van der Waals surface area (Å²) in [6.45, 7) is 6.22. The van der Waals surface area contributed by atoms with Crippen LogP contribution in [0.15, 0.2) is 78.0 Å². The molecule has 2 aromatic carbocycles. The Morgan fingerprint density at radius 2 is 1.65 bits per heavy atom. The Kier molecular flexibility index (Phi) is 6.60. The van der Waals surface area contributed by atoms with Crippen molar-refractivity contribution in [2.75, 3.05) is 16.6 Å². The number of carbonyl (C=O) groups is 1. The first-order chi connectivity index (χ1) is 14.6. The second-order valence-electron chi connectivity index (χ2n) is 7.98. The number of nitrogens with zero attached hydrogens (tertiary/aromatic N) is 1. The van der Waals surface area contributed by atoms with Crippen molar-refractivity contribution in [3.8, 4) is 5.75 Å². The molecule has 0 bridgehead atoms. The number of nitrogens with one attached hydrogen (secondary N) is 2. The molecule has 0 aliphatic carbocycles. The zero-order chi connectivity index (χ0) is 22.5. The summed E-state index contributed by atoms with van der Waals surface area (Å²) in [6, 6.07) is 16.7. The highest BCUT2D eigenvalue weighted by molar-refractivity contribution is 7.92. The minimum Gasteiger partial charge on any atom is -0.484 e. The molecule has 1 heterocycles. The van der Waals surface area contributed by atoms with Crippen LogP contribution >= 0.6 is 0 Å². The van der Waals surface area contributed by atoms with Crippen LogP contribution in [0, 0.1) is 0 Å². The lowest BCUT2D eigenvalue weighted by atomic mass is 9.87. The smallest absolute Gasteiger partial charge is 0.262 e. The Hall–Kier alpha value is -3.39. The molecule has 0 spiro atoms. The first-order valence-electron chi connectivity index (χ1n) is 9.70. The number of carbonyl (C=O) groups excluding carboxylic acids is 1. The number of ether oxygens (including phenoxy) is 1. The number of anilines is 2. The second kappa shape index (κ2) is 9.18. The lowest BCUT2D eigenvalue weighted by Gasteiger charge is -2.19. The molecule has 8 heteroatoms.